The zero-order valence-corrected chi connectivity index (χ0v) is 16.2. The van der Waals surface area contributed by atoms with Crippen LogP contribution in [-0.4, -0.2) is 75.5 Å². The van der Waals surface area contributed by atoms with Crippen LogP contribution >= 0.6 is 0 Å². The molecular formula is C20H25N5O3. The molecule has 8 nitrogen and oxygen atoms in total. The van der Waals surface area contributed by atoms with E-state index >= 15 is 0 Å². The second kappa shape index (κ2) is 7.71. The first-order chi connectivity index (χ1) is 13.6. The van der Waals surface area contributed by atoms with E-state index in [-0.39, 0.29) is 24.0 Å². The van der Waals surface area contributed by atoms with Gasteiger partial charge in [0, 0.05) is 26.7 Å². The molecule has 2 heterocycles. The largest absolute Gasteiger partial charge is 0.368 e. The minimum atomic E-state index is -0.342. The molecule has 148 valence electrons. The zero-order chi connectivity index (χ0) is 19.7. The van der Waals surface area contributed by atoms with Crippen molar-refractivity contribution in [2.24, 2.45) is 5.92 Å². The second-order valence-electron chi connectivity index (χ2n) is 7.41. The number of para-hydroxylation sites is 1. The van der Waals surface area contributed by atoms with Crippen LogP contribution in [-0.2, 0) is 9.53 Å². The van der Waals surface area contributed by atoms with E-state index in [4.69, 9.17) is 4.74 Å². The Kier molecular flexibility index (Phi) is 5.13. The second-order valence-corrected chi connectivity index (χ2v) is 7.41. The predicted octanol–water partition coefficient (Wildman–Crippen LogP) is 1.37. The van der Waals surface area contributed by atoms with Gasteiger partial charge in [-0.2, -0.15) is 0 Å². The molecule has 1 aromatic carbocycles. The Balaban J connectivity index is 1.34. The van der Waals surface area contributed by atoms with Gasteiger partial charge in [0.2, 0.25) is 0 Å². The Bertz CT molecular complexity index is 843. The van der Waals surface area contributed by atoms with Crippen molar-refractivity contribution in [1.82, 2.24) is 24.8 Å². The number of carbonyl (C=O) groups excluding carboxylic acids is 2. The van der Waals surface area contributed by atoms with E-state index in [1.54, 1.807) is 27.7 Å². The van der Waals surface area contributed by atoms with Gasteiger partial charge in [0.05, 0.1) is 17.9 Å². The molecule has 2 aromatic rings. The van der Waals surface area contributed by atoms with Gasteiger partial charge in [-0.3, -0.25) is 9.59 Å². The fraction of sp³-hybridized carbons (Fsp3) is 0.500. The number of carbonyl (C=O) groups is 2. The fourth-order valence-corrected chi connectivity index (χ4v) is 3.46. The first kappa shape index (κ1) is 18.6. The summed E-state index contributed by atoms with van der Waals surface area (Å²) in [4.78, 5) is 28.8. The summed E-state index contributed by atoms with van der Waals surface area (Å²) < 4.78 is 7.25. The smallest absolute Gasteiger partial charge is 0.276 e. The van der Waals surface area contributed by atoms with Crippen molar-refractivity contribution in [1.29, 1.82) is 0 Å². The number of benzene rings is 1. The van der Waals surface area contributed by atoms with Crippen LogP contribution < -0.4 is 0 Å². The van der Waals surface area contributed by atoms with Gasteiger partial charge in [-0.1, -0.05) is 23.4 Å². The number of aromatic nitrogens is 3. The SMILES string of the molecule is CCOC(C(=O)N(C)C1CN(C(=O)c2cn(-c3ccccc3)nn2)C1)C1CC1. The number of nitrogens with zero attached hydrogens (tertiary/aromatic N) is 5. The van der Waals surface area contributed by atoms with Crippen LogP contribution in [0.3, 0.4) is 0 Å². The van der Waals surface area contributed by atoms with E-state index in [9.17, 15) is 9.59 Å². The van der Waals surface area contributed by atoms with E-state index in [1.165, 1.54) is 0 Å². The number of hydrogen-bond donors (Lipinski definition) is 0. The molecular weight excluding hydrogens is 358 g/mol. The highest BCUT2D eigenvalue weighted by molar-refractivity contribution is 5.93. The highest BCUT2D eigenvalue weighted by Crippen LogP contribution is 2.35. The van der Waals surface area contributed by atoms with E-state index < -0.39 is 0 Å². The molecule has 1 unspecified atom stereocenters. The van der Waals surface area contributed by atoms with E-state index in [0.29, 0.717) is 31.3 Å². The molecule has 0 spiro atoms. The molecule has 1 atom stereocenters. The first-order valence-electron chi connectivity index (χ1n) is 9.73. The highest BCUT2D eigenvalue weighted by Gasteiger charge is 2.43. The molecule has 1 aliphatic heterocycles. The third-order valence-corrected chi connectivity index (χ3v) is 5.42. The molecule has 1 aliphatic carbocycles. The molecule has 4 rings (SSSR count). The number of rotatable bonds is 7. The molecule has 0 radical (unpaired) electrons. The lowest BCUT2D eigenvalue weighted by atomic mass is 10.1. The summed E-state index contributed by atoms with van der Waals surface area (Å²) in [7, 11) is 1.80. The van der Waals surface area contributed by atoms with Crippen LogP contribution in [0.5, 0.6) is 0 Å². The van der Waals surface area contributed by atoms with Gasteiger partial charge in [-0.15, -0.1) is 5.10 Å². The molecule has 1 saturated heterocycles. The number of amides is 2. The Labute approximate surface area is 164 Å². The Morgan fingerprint density at radius 2 is 1.96 bits per heavy atom. The maximum atomic E-state index is 12.7. The van der Waals surface area contributed by atoms with Crippen LogP contribution in [0.2, 0.25) is 0 Å². The number of likely N-dealkylation sites (tertiary alicyclic amines) is 1. The fourth-order valence-electron chi connectivity index (χ4n) is 3.46. The topological polar surface area (TPSA) is 80.6 Å². The summed E-state index contributed by atoms with van der Waals surface area (Å²) in [6.07, 6.45) is 3.40. The predicted molar refractivity (Wildman–Crippen MR) is 102 cm³/mol. The van der Waals surface area contributed by atoms with Gasteiger partial charge in [0.25, 0.3) is 11.8 Å². The summed E-state index contributed by atoms with van der Waals surface area (Å²) in [6, 6.07) is 9.55. The van der Waals surface area contributed by atoms with Crippen LogP contribution in [0.15, 0.2) is 36.5 Å². The quantitative estimate of drug-likeness (QED) is 0.721. The Hall–Kier alpha value is -2.74. The minimum absolute atomic E-state index is 0.0160. The van der Waals surface area contributed by atoms with E-state index in [1.807, 2.05) is 37.3 Å². The van der Waals surface area contributed by atoms with E-state index in [0.717, 1.165) is 18.5 Å². The molecule has 2 aliphatic rings. The molecule has 2 amide bonds. The van der Waals surface area contributed by atoms with Crippen molar-refractivity contribution in [2.45, 2.75) is 31.9 Å². The maximum Gasteiger partial charge on any atom is 0.276 e. The molecule has 28 heavy (non-hydrogen) atoms. The van der Waals surface area contributed by atoms with Gasteiger partial charge < -0.3 is 14.5 Å². The van der Waals surface area contributed by atoms with Crippen molar-refractivity contribution in [3.63, 3.8) is 0 Å². The first-order valence-corrected chi connectivity index (χ1v) is 9.73. The average Bonchev–Trinajstić information content (AvgIpc) is 3.40. The summed E-state index contributed by atoms with van der Waals surface area (Å²) in [5, 5.41) is 8.04. The summed E-state index contributed by atoms with van der Waals surface area (Å²) in [5.74, 6) is 0.208. The lowest BCUT2D eigenvalue weighted by Crippen LogP contribution is -2.62. The monoisotopic (exact) mass is 383 g/mol. The van der Waals surface area contributed by atoms with E-state index in [2.05, 4.69) is 10.3 Å². The molecule has 2 fully saturated rings. The van der Waals surface area contributed by atoms with Crippen molar-refractivity contribution in [3.8, 4) is 5.69 Å². The number of hydrogen-bond acceptors (Lipinski definition) is 5. The molecule has 1 aromatic heterocycles. The Morgan fingerprint density at radius 3 is 2.61 bits per heavy atom. The summed E-state index contributed by atoms with van der Waals surface area (Å²) in [5.41, 5.74) is 1.16. The van der Waals surface area contributed by atoms with Crippen LogP contribution in [0.4, 0.5) is 0 Å². The number of likely N-dealkylation sites (N-methyl/N-ethyl adjacent to an activating group) is 1. The van der Waals surface area contributed by atoms with Crippen molar-refractivity contribution >= 4 is 11.8 Å². The molecule has 1 saturated carbocycles. The third-order valence-electron chi connectivity index (χ3n) is 5.42. The van der Waals surface area contributed by atoms with Crippen LogP contribution in [0.1, 0.15) is 30.3 Å². The number of ether oxygens (including phenoxy) is 1. The van der Waals surface area contributed by atoms with Gasteiger partial charge in [0.1, 0.15) is 6.10 Å². The molecule has 0 N–H and O–H groups in total. The maximum absolute atomic E-state index is 12.7. The molecule has 8 heteroatoms. The lowest BCUT2D eigenvalue weighted by molar-refractivity contribution is -0.148. The summed E-state index contributed by atoms with van der Waals surface area (Å²) in [6.45, 7) is 3.45. The van der Waals surface area contributed by atoms with Gasteiger partial charge in [-0.05, 0) is 37.8 Å². The summed E-state index contributed by atoms with van der Waals surface area (Å²) >= 11 is 0. The highest BCUT2D eigenvalue weighted by atomic mass is 16.5. The zero-order valence-electron chi connectivity index (χ0n) is 16.2. The standard InChI is InChI=1S/C20H25N5O3/c1-3-28-18(14-9-10-14)20(27)23(2)16-11-24(12-16)19(26)17-13-25(22-21-17)15-7-5-4-6-8-15/h4-8,13-14,16,18H,3,9-12H2,1-2H3. The van der Waals surface area contributed by atoms with Crippen LogP contribution in [0.25, 0.3) is 5.69 Å². The van der Waals surface area contributed by atoms with Crippen molar-refractivity contribution in [3.05, 3.63) is 42.2 Å². The van der Waals surface area contributed by atoms with Gasteiger partial charge >= 0.3 is 0 Å². The lowest BCUT2D eigenvalue weighted by Gasteiger charge is -2.44. The van der Waals surface area contributed by atoms with Crippen molar-refractivity contribution in [2.75, 3.05) is 26.7 Å². The normalized spacial score (nSPS) is 17.9. The van der Waals surface area contributed by atoms with Crippen molar-refractivity contribution < 1.29 is 14.3 Å². The minimum Gasteiger partial charge on any atom is -0.368 e. The average molecular weight is 383 g/mol. The Morgan fingerprint density at radius 1 is 1.25 bits per heavy atom. The van der Waals surface area contributed by atoms with Crippen LogP contribution in [0, 0.1) is 5.92 Å². The third kappa shape index (κ3) is 3.64. The molecule has 0 bridgehead atoms. The van der Waals surface area contributed by atoms with Gasteiger partial charge in [0.15, 0.2) is 5.69 Å². The van der Waals surface area contributed by atoms with Gasteiger partial charge in [-0.25, -0.2) is 4.68 Å².